The lowest BCUT2D eigenvalue weighted by atomic mass is 9.83. The van der Waals surface area contributed by atoms with Crippen molar-refractivity contribution in [1.82, 2.24) is 9.80 Å². The Morgan fingerprint density at radius 2 is 1.32 bits per heavy atom. The third-order valence-electron chi connectivity index (χ3n) is 11.5. The number of hydrogen-bond donors (Lipinski definition) is 0. The summed E-state index contributed by atoms with van der Waals surface area (Å²) in [6, 6.07) is 11.7. The maximum absolute atomic E-state index is 13.9. The van der Waals surface area contributed by atoms with Crippen molar-refractivity contribution < 1.29 is 14.4 Å². The number of imide groups is 2. The fourth-order valence-electron chi connectivity index (χ4n) is 8.47. The Labute approximate surface area is 335 Å². The van der Waals surface area contributed by atoms with Crippen molar-refractivity contribution in [1.29, 1.82) is 0 Å². The molecule has 1 saturated carbocycles. The number of carbonyl (C=O) groups is 3. The molecule has 56 heavy (non-hydrogen) atoms. The molecule has 3 aliphatic heterocycles. The molecule has 0 radical (unpaired) electrons. The van der Waals surface area contributed by atoms with Gasteiger partial charge < -0.3 is 9.80 Å². The topological polar surface area (TPSA) is 113 Å². The van der Waals surface area contributed by atoms with Gasteiger partial charge in [-0.3, -0.25) is 19.4 Å². The number of likely N-dealkylation sites (N-methyl/N-ethyl adjacent to an activating group) is 4. The number of benzene rings is 2. The highest BCUT2D eigenvalue weighted by Crippen LogP contribution is 2.50. The summed E-state index contributed by atoms with van der Waals surface area (Å²) < 4.78 is 0. The monoisotopic (exact) mass is 771 g/mol. The lowest BCUT2D eigenvalue weighted by Gasteiger charge is -2.30. The molecular formula is C45H50ClN7O3. The van der Waals surface area contributed by atoms with E-state index in [9.17, 15) is 14.4 Å². The van der Waals surface area contributed by atoms with Gasteiger partial charge >= 0.3 is 6.03 Å². The van der Waals surface area contributed by atoms with Gasteiger partial charge in [-0.15, -0.1) is 0 Å². The lowest BCUT2D eigenvalue weighted by molar-refractivity contribution is -0.134. The fraction of sp³-hybridized carbons (Fsp3) is 0.400. The Kier molecular flexibility index (Phi) is 11.4. The highest BCUT2D eigenvalue weighted by atomic mass is 35.5. The number of allylic oxidation sites excluding steroid dienone is 9. The molecule has 3 heterocycles. The number of urea groups is 1. The minimum Gasteiger partial charge on any atom is -0.344 e. The van der Waals surface area contributed by atoms with Crippen LogP contribution in [0.2, 0.25) is 5.02 Å². The zero-order valence-corrected chi connectivity index (χ0v) is 34.4. The van der Waals surface area contributed by atoms with E-state index in [2.05, 4.69) is 122 Å². The highest BCUT2D eigenvalue weighted by molar-refractivity contribution is 6.31. The standard InChI is InChI=1S/C45H50ClN7O3/c1-9-52-35-22-16-29(15-13-11-12-14-26-48-49-47)27-33(35)44(3,4)37(52)24-19-30-17-18-31(39(30)40-41(54)50(7)43(56)51(8)42(40)55)20-25-38-45(5,6)34-28-32(46)21-23-36(34)53(38)10-2/h16,19-25,27-28H,9-12,14,17-18,26H2,1-8H3/b30-19+,31-20-,37-24+,38-25+. The number of rotatable bonds is 8. The smallest absolute Gasteiger partial charge is 0.333 e. The summed E-state index contributed by atoms with van der Waals surface area (Å²) >= 11 is 6.46. The largest absolute Gasteiger partial charge is 0.344 e. The van der Waals surface area contributed by atoms with Gasteiger partial charge in [0.15, 0.2) is 0 Å². The van der Waals surface area contributed by atoms with Crippen molar-refractivity contribution in [3.8, 4) is 11.8 Å². The number of azide groups is 1. The van der Waals surface area contributed by atoms with Crippen LogP contribution in [-0.4, -0.2) is 61.4 Å². The molecule has 4 aliphatic rings. The number of hydrogen-bond acceptors (Lipinski definition) is 6. The Morgan fingerprint density at radius 1 is 0.786 bits per heavy atom. The molecule has 0 spiro atoms. The third-order valence-corrected chi connectivity index (χ3v) is 11.8. The zero-order chi connectivity index (χ0) is 40.5. The first-order valence-electron chi connectivity index (χ1n) is 19.4. The van der Waals surface area contributed by atoms with Crippen LogP contribution < -0.4 is 9.80 Å². The average Bonchev–Trinajstić information content (AvgIpc) is 3.74. The summed E-state index contributed by atoms with van der Waals surface area (Å²) in [7, 11) is 2.84. The van der Waals surface area contributed by atoms with Gasteiger partial charge in [0.2, 0.25) is 0 Å². The molecule has 10 nitrogen and oxygen atoms in total. The molecule has 2 aromatic rings. The molecule has 2 fully saturated rings. The third kappa shape index (κ3) is 7.06. The number of amides is 4. The van der Waals surface area contributed by atoms with Crippen LogP contribution in [0.5, 0.6) is 0 Å². The molecule has 0 N–H and O–H groups in total. The van der Waals surface area contributed by atoms with Crippen molar-refractivity contribution in [2.24, 2.45) is 5.11 Å². The molecular weight excluding hydrogens is 722 g/mol. The SMILES string of the molecule is CCN1/C(=C/C=C2/CC/C(=C\C=C3\N(CC)c4ccc(C#CCCCCN=[N+]=[N-])cc4C3(C)C)C2=C2C(=O)N(C)C(=O)N(C)C2=O)C(C)(C)c2cc(Cl)ccc21. The average molecular weight is 772 g/mol. The van der Waals surface area contributed by atoms with E-state index in [1.807, 2.05) is 12.1 Å². The molecule has 0 unspecified atom stereocenters. The molecule has 0 atom stereocenters. The summed E-state index contributed by atoms with van der Waals surface area (Å²) in [4.78, 5) is 50.0. The molecule has 1 aliphatic carbocycles. The Morgan fingerprint density at radius 3 is 1.86 bits per heavy atom. The zero-order valence-electron chi connectivity index (χ0n) is 33.7. The fourth-order valence-corrected chi connectivity index (χ4v) is 8.64. The van der Waals surface area contributed by atoms with E-state index in [1.165, 1.54) is 19.7 Å². The maximum Gasteiger partial charge on any atom is 0.333 e. The van der Waals surface area contributed by atoms with Crippen LogP contribution in [0.15, 0.2) is 99.5 Å². The molecule has 11 heteroatoms. The van der Waals surface area contributed by atoms with Crippen LogP contribution in [0.4, 0.5) is 16.2 Å². The van der Waals surface area contributed by atoms with Crippen molar-refractivity contribution in [3.05, 3.63) is 127 Å². The van der Waals surface area contributed by atoms with E-state index in [4.69, 9.17) is 17.1 Å². The van der Waals surface area contributed by atoms with E-state index in [-0.39, 0.29) is 16.4 Å². The quantitative estimate of drug-likeness (QED) is 0.0505. The normalized spacial score (nSPS) is 21.4. The van der Waals surface area contributed by atoms with Crippen molar-refractivity contribution in [2.75, 3.05) is 43.5 Å². The molecule has 0 bridgehead atoms. The van der Waals surface area contributed by atoms with E-state index in [1.54, 1.807) is 0 Å². The minimum absolute atomic E-state index is 0.0109. The Bertz CT molecular complexity index is 2250. The molecule has 4 amide bonds. The predicted octanol–water partition coefficient (Wildman–Crippen LogP) is 9.87. The number of carbonyl (C=O) groups excluding carboxylic acids is 3. The van der Waals surface area contributed by atoms with Gasteiger partial charge in [-0.05, 0) is 121 Å². The number of fused-ring (bicyclic) bond motifs is 2. The van der Waals surface area contributed by atoms with Crippen LogP contribution in [0.25, 0.3) is 10.4 Å². The summed E-state index contributed by atoms with van der Waals surface area (Å²) in [5.74, 6) is 5.39. The predicted molar refractivity (Wildman–Crippen MR) is 224 cm³/mol. The van der Waals surface area contributed by atoms with Gasteiger partial charge in [0.25, 0.3) is 11.8 Å². The van der Waals surface area contributed by atoms with Gasteiger partial charge in [0.05, 0.1) is 0 Å². The summed E-state index contributed by atoms with van der Waals surface area (Å²) in [6.07, 6.45) is 12.0. The number of halogens is 1. The van der Waals surface area contributed by atoms with Gasteiger partial charge in [0.1, 0.15) is 5.57 Å². The number of barbiturate groups is 1. The van der Waals surface area contributed by atoms with Crippen LogP contribution in [0.1, 0.15) is 90.3 Å². The molecule has 290 valence electrons. The van der Waals surface area contributed by atoms with Crippen LogP contribution in [0, 0.1) is 11.8 Å². The number of anilines is 2. The highest BCUT2D eigenvalue weighted by Gasteiger charge is 2.43. The Balaban J connectivity index is 1.41. The first kappa shape index (κ1) is 40.2. The molecule has 1 saturated heterocycles. The molecule has 6 rings (SSSR count). The van der Waals surface area contributed by atoms with Gasteiger partial charge in [-0.25, -0.2) is 4.79 Å². The van der Waals surface area contributed by atoms with Crippen LogP contribution in [0.3, 0.4) is 0 Å². The van der Waals surface area contributed by atoms with E-state index in [0.29, 0.717) is 30.0 Å². The van der Waals surface area contributed by atoms with E-state index < -0.39 is 17.8 Å². The first-order valence-corrected chi connectivity index (χ1v) is 19.7. The maximum atomic E-state index is 13.9. The number of unbranched alkanes of at least 4 members (excludes halogenated alkanes) is 2. The van der Waals surface area contributed by atoms with Crippen molar-refractivity contribution in [3.63, 3.8) is 0 Å². The van der Waals surface area contributed by atoms with Crippen LogP contribution >= 0.6 is 11.6 Å². The van der Waals surface area contributed by atoms with Gasteiger partial charge in [-0.1, -0.05) is 68.4 Å². The van der Waals surface area contributed by atoms with Crippen molar-refractivity contribution >= 4 is 40.8 Å². The van der Waals surface area contributed by atoms with Crippen molar-refractivity contribution in [2.45, 2.75) is 84.5 Å². The summed E-state index contributed by atoms with van der Waals surface area (Å²) in [5, 5.41) is 4.28. The first-order chi connectivity index (χ1) is 26.7. The lowest BCUT2D eigenvalue weighted by Crippen LogP contribution is -2.53. The Hall–Kier alpha value is -5.49. The second-order valence-electron chi connectivity index (χ2n) is 15.6. The summed E-state index contributed by atoms with van der Waals surface area (Å²) in [6.45, 7) is 15.0. The second-order valence-corrected chi connectivity index (χ2v) is 16.0. The summed E-state index contributed by atoms with van der Waals surface area (Å²) in [5.41, 5.74) is 17.8. The van der Waals surface area contributed by atoms with Gasteiger partial charge in [0, 0.05) is 89.2 Å². The number of nitrogens with zero attached hydrogens (tertiary/aromatic N) is 7. The van der Waals surface area contributed by atoms with E-state index in [0.717, 1.165) is 87.2 Å². The molecule has 0 aromatic heterocycles. The minimum atomic E-state index is -0.649. The van der Waals surface area contributed by atoms with Crippen LogP contribution in [-0.2, 0) is 20.4 Å². The molecule has 2 aromatic carbocycles. The van der Waals surface area contributed by atoms with Gasteiger partial charge in [-0.2, -0.15) is 0 Å². The second kappa shape index (κ2) is 15.9. The van der Waals surface area contributed by atoms with E-state index >= 15 is 0 Å².